The third-order valence-corrected chi connectivity index (χ3v) is 2.28. The summed E-state index contributed by atoms with van der Waals surface area (Å²) in [4.78, 5) is 4.31. The fourth-order valence-corrected chi connectivity index (χ4v) is 1.23. The monoisotopic (exact) mass is 192 g/mol. The van der Waals surface area contributed by atoms with Crippen LogP contribution in [0.5, 0.6) is 0 Å². The lowest BCUT2D eigenvalue weighted by Gasteiger charge is -2.01. The summed E-state index contributed by atoms with van der Waals surface area (Å²) in [5.41, 5.74) is 7.87. The molecule has 2 nitrogen and oxygen atoms in total. The van der Waals surface area contributed by atoms with Crippen LogP contribution in [0.15, 0.2) is 23.2 Å². The number of hydrogen-bond donors (Lipinski definition) is 1. The number of rotatable bonds is 3. The number of benzene rings is 1. The molecule has 1 aromatic rings. The predicted octanol–water partition coefficient (Wildman–Crippen LogP) is 2.32. The Hall–Kier alpha value is -1.38. The van der Waals surface area contributed by atoms with Crippen LogP contribution in [0.4, 0.5) is 10.1 Å². The molecule has 74 valence electrons. The van der Waals surface area contributed by atoms with Gasteiger partial charge in [0.15, 0.2) is 0 Å². The Morgan fingerprint density at radius 2 is 2.29 bits per heavy atom. The molecule has 1 aliphatic rings. The van der Waals surface area contributed by atoms with Crippen molar-refractivity contribution >= 4 is 11.9 Å². The lowest BCUT2D eigenvalue weighted by Crippen LogP contribution is -1.95. The van der Waals surface area contributed by atoms with Crippen LogP contribution in [0.3, 0.4) is 0 Å². The van der Waals surface area contributed by atoms with E-state index < -0.39 is 6.67 Å². The molecule has 3 heteroatoms. The number of nitrogens with zero attached hydrogens (tertiary/aromatic N) is 1. The first-order valence-electron chi connectivity index (χ1n) is 4.77. The van der Waals surface area contributed by atoms with Crippen LogP contribution in [0.1, 0.15) is 24.0 Å². The van der Waals surface area contributed by atoms with Gasteiger partial charge >= 0.3 is 0 Å². The highest BCUT2D eigenvalue weighted by Crippen LogP contribution is 2.23. The minimum atomic E-state index is -0.454. The second kappa shape index (κ2) is 3.78. The van der Waals surface area contributed by atoms with Crippen molar-refractivity contribution in [2.45, 2.75) is 25.6 Å². The Labute approximate surface area is 82.7 Å². The van der Waals surface area contributed by atoms with Crippen molar-refractivity contribution in [1.29, 1.82) is 0 Å². The van der Waals surface area contributed by atoms with Gasteiger partial charge in [0.1, 0.15) is 6.67 Å². The molecule has 0 atom stereocenters. The van der Waals surface area contributed by atoms with E-state index in [2.05, 4.69) is 4.99 Å². The van der Waals surface area contributed by atoms with Crippen LogP contribution in [-0.4, -0.2) is 12.3 Å². The van der Waals surface area contributed by atoms with Crippen molar-refractivity contribution < 1.29 is 4.39 Å². The largest absolute Gasteiger partial charge is 0.398 e. The van der Waals surface area contributed by atoms with Crippen molar-refractivity contribution in [2.24, 2.45) is 4.99 Å². The van der Waals surface area contributed by atoms with E-state index >= 15 is 0 Å². The molecule has 0 unspecified atom stereocenters. The standard InChI is InChI=1S/C11H13FN2/c12-6-8-1-4-11(13)9(5-8)7-14-10-2-3-10/h1,4-5,7,10H,2-3,6,13H2. The number of nitrogen functional groups attached to an aromatic ring is 1. The van der Waals surface area contributed by atoms with Crippen LogP contribution in [0.2, 0.25) is 0 Å². The molecule has 0 bridgehead atoms. The predicted molar refractivity (Wildman–Crippen MR) is 56.3 cm³/mol. The second-order valence-electron chi connectivity index (χ2n) is 3.61. The quantitative estimate of drug-likeness (QED) is 0.579. The van der Waals surface area contributed by atoms with Gasteiger partial charge in [0.25, 0.3) is 0 Å². The third kappa shape index (κ3) is 2.10. The molecular weight excluding hydrogens is 179 g/mol. The number of hydrogen-bond acceptors (Lipinski definition) is 2. The first kappa shape index (κ1) is 9.19. The van der Waals surface area contributed by atoms with E-state index in [0.717, 1.165) is 5.56 Å². The van der Waals surface area contributed by atoms with Crippen molar-refractivity contribution in [3.8, 4) is 0 Å². The number of halogens is 1. The van der Waals surface area contributed by atoms with Gasteiger partial charge in [0.05, 0.1) is 6.04 Å². The van der Waals surface area contributed by atoms with Gasteiger partial charge in [-0.3, -0.25) is 4.99 Å². The molecule has 1 fully saturated rings. The number of anilines is 1. The van der Waals surface area contributed by atoms with Crippen LogP contribution < -0.4 is 5.73 Å². The molecule has 0 spiro atoms. The Kier molecular flexibility index (Phi) is 2.48. The molecule has 0 heterocycles. The topological polar surface area (TPSA) is 38.4 Å². The lowest BCUT2D eigenvalue weighted by atomic mass is 10.1. The summed E-state index contributed by atoms with van der Waals surface area (Å²) in [5.74, 6) is 0. The smallest absolute Gasteiger partial charge is 0.115 e. The molecule has 14 heavy (non-hydrogen) atoms. The minimum absolute atomic E-state index is 0.454. The SMILES string of the molecule is Nc1ccc(CF)cc1C=NC1CC1. The Balaban J connectivity index is 2.20. The van der Waals surface area contributed by atoms with Gasteiger partial charge in [0, 0.05) is 17.5 Å². The summed E-state index contributed by atoms with van der Waals surface area (Å²) in [6.07, 6.45) is 4.09. The molecule has 1 aliphatic carbocycles. The highest BCUT2D eigenvalue weighted by molar-refractivity contribution is 5.87. The van der Waals surface area contributed by atoms with Crippen molar-refractivity contribution in [2.75, 3.05) is 5.73 Å². The summed E-state index contributed by atoms with van der Waals surface area (Å²) in [6.45, 7) is -0.454. The van der Waals surface area contributed by atoms with E-state index in [1.54, 1.807) is 24.4 Å². The normalized spacial score (nSPS) is 16.4. The fraction of sp³-hybridized carbons (Fsp3) is 0.364. The van der Waals surface area contributed by atoms with Crippen LogP contribution in [-0.2, 0) is 6.67 Å². The average Bonchev–Trinajstić information content (AvgIpc) is 3.00. The van der Waals surface area contributed by atoms with Crippen molar-refractivity contribution in [3.05, 3.63) is 29.3 Å². The van der Waals surface area contributed by atoms with E-state index in [4.69, 9.17) is 5.73 Å². The molecule has 2 N–H and O–H groups in total. The summed E-state index contributed by atoms with van der Waals surface area (Å²) in [7, 11) is 0. The van der Waals surface area contributed by atoms with Gasteiger partial charge in [-0.25, -0.2) is 4.39 Å². The molecule has 0 amide bonds. The second-order valence-corrected chi connectivity index (χ2v) is 3.61. The number of nitrogens with two attached hydrogens (primary N) is 1. The van der Waals surface area contributed by atoms with Crippen LogP contribution in [0, 0.1) is 0 Å². The molecule has 1 saturated carbocycles. The Morgan fingerprint density at radius 3 is 2.93 bits per heavy atom. The van der Waals surface area contributed by atoms with Crippen molar-refractivity contribution in [1.82, 2.24) is 0 Å². The molecule has 0 saturated heterocycles. The highest BCUT2D eigenvalue weighted by Gasteiger charge is 2.18. The maximum Gasteiger partial charge on any atom is 0.115 e. The molecule has 1 aromatic carbocycles. The van der Waals surface area contributed by atoms with Crippen LogP contribution in [0.25, 0.3) is 0 Å². The van der Waals surface area contributed by atoms with Gasteiger partial charge < -0.3 is 5.73 Å². The number of alkyl halides is 1. The van der Waals surface area contributed by atoms with E-state index in [1.807, 2.05) is 0 Å². The highest BCUT2D eigenvalue weighted by atomic mass is 19.1. The fourth-order valence-electron chi connectivity index (χ4n) is 1.23. The lowest BCUT2D eigenvalue weighted by molar-refractivity contribution is 0.485. The maximum atomic E-state index is 12.4. The van der Waals surface area contributed by atoms with Crippen LogP contribution >= 0.6 is 0 Å². The van der Waals surface area contributed by atoms with E-state index in [-0.39, 0.29) is 0 Å². The summed E-state index contributed by atoms with van der Waals surface area (Å²) < 4.78 is 12.4. The molecular formula is C11H13FN2. The first-order chi connectivity index (χ1) is 6.79. The van der Waals surface area contributed by atoms with Gasteiger partial charge in [-0.05, 0) is 30.5 Å². The van der Waals surface area contributed by atoms with Gasteiger partial charge in [-0.15, -0.1) is 0 Å². The van der Waals surface area contributed by atoms with E-state index in [9.17, 15) is 4.39 Å². The maximum absolute atomic E-state index is 12.4. The van der Waals surface area contributed by atoms with Gasteiger partial charge in [0.2, 0.25) is 0 Å². The van der Waals surface area contributed by atoms with E-state index in [1.165, 1.54) is 12.8 Å². The van der Waals surface area contributed by atoms with E-state index in [0.29, 0.717) is 17.3 Å². The third-order valence-electron chi connectivity index (χ3n) is 2.28. The zero-order valence-corrected chi connectivity index (χ0v) is 7.91. The average molecular weight is 192 g/mol. The zero-order valence-electron chi connectivity index (χ0n) is 7.91. The first-order valence-corrected chi connectivity index (χ1v) is 4.77. The summed E-state index contributed by atoms with van der Waals surface area (Å²) >= 11 is 0. The molecule has 0 aliphatic heterocycles. The zero-order chi connectivity index (χ0) is 9.97. The Bertz CT molecular complexity index is 356. The molecule has 0 aromatic heterocycles. The molecule has 2 rings (SSSR count). The molecule has 0 radical (unpaired) electrons. The van der Waals surface area contributed by atoms with Gasteiger partial charge in [-0.2, -0.15) is 0 Å². The number of aliphatic imine (C=N–C) groups is 1. The minimum Gasteiger partial charge on any atom is -0.398 e. The Morgan fingerprint density at radius 1 is 1.50 bits per heavy atom. The van der Waals surface area contributed by atoms with Gasteiger partial charge in [-0.1, -0.05) is 6.07 Å². The summed E-state index contributed by atoms with van der Waals surface area (Å²) in [6, 6.07) is 5.65. The van der Waals surface area contributed by atoms with Crippen molar-refractivity contribution in [3.63, 3.8) is 0 Å². The summed E-state index contributed by atoms with van der Waals surface area (Å²) in [5, 5.41) is 0.